The standard InChI is InChI=1S/C3H8FN.ClH/c1-3(5)2-4;/h3H,2,5H2,1H3;1H/t3-;/m1./s1. The summed E-state index contributed by atoms with van der Waals surface area (Å²) >= 11 is 0. The second kappa shape index (κ2) is 5.18. The Bertz CT molecular complexity index is 24.8. The Morgan fingerprint density at radius 2 is 2.00 bits per heavy atom. The van der Waals surface area contributed by atoms with Crippen LogP contribution in [0.25, 0.3) is 0 Å². The normalized spacial score (nSPS) is 12.5. The van der Waals surface area contributed by atoms with E-state index in [0.29, 0.717) is 0 Å². The Morgan fingerprint density at radius 3 is 2.00 bits per heavy atom. The van der Waals surface area contributed by atoms with Crippen molar-refractivity contribution in [2.45, 2.75) is 13.0 Å². The van der Waals surface area contributed by atoms with Gasteiger partial charge in [-0.25, -0.2) is 4.39 Å². The molecule has 40 valence electrons. The molecular weight excluding hydrogens is 104 g/mol. The molecule has 0 bridgehead atoms. The van der Waals surface area contributed by atoms with Gasteiger partial charge in [-0.05, 0) is 6.92 Å². The van der Waals surface area contributed by atoms with Crippen molar-refractivity contribution in [2.75, 3.05) is 6.67 Å². The van der Waals surface area contributed by atoms with E-state index in [-0.39, 0.29) is 18.4 Å². The molecule has 0 aliphatic heterocycles. The summed E-state index contributed by atoms with van der Waals surface area (Å²) in [4.78, 5) is 0. The highest BCUT2D eigenvalue weighted by Crippen LogP contribution is 1.70. The quantitative estimate of drug-likeness (QED) is 0.533. The van der Waals surface area contributed by atoms with Gasteiger partial charge in [-0.15, -0.1) is 12.4 Å². The summed E-state index contributed by atoms with van der Waals surface area (Å²) in [5, 5.41) is 0. The number of hydrogen-bond acceptors (Lipinski definition) is 1. The Labute approximate surface area is 43.1 Å². The van der Waals surface area contributed by atoms with E-state index in [9.17, 15) is 4.39 Å². The summed E-state index contributed by atoms with van der Waals surface area (Å²) in [5.74, 6) is 0. The molecule has 3 heteroatoms. The molecule has 0 saturated carbocycles. The molecule has 0 saturated heterocycles. The van der Waals surface area contributed by atoms with Gasteiger partial charge in [0.1, 0.15) is 6.67 Å². The molecule has 0 aliphatic rings. The molecular formula is C3H9ClFN. The van der Waals surface area contributed by atoms with Gasteiger partial charge < -0.3 is 5.73 Å². The Morgan fingerprint density at radius 1 is 1.83 bits per heavy atom. The molecule has 0 rings (SSSR count). The molecule has 0 aliphatic carbocycles. The van der Waals surface area contributed by atoms with Gasteiger partial charge in [0.25, 0.3) is 0 Å². The fourth-order valence-corrected chi connectivity index (χ4v) is 0. The average molecular weight is 114 g/mol. The van der Waals surface area contributed by atoms with Gasteiger partial charge in [0.15, 0.2) is 0 Å². The molecule has 1 atom stereocenters. The number of alkyl halides is 1. The molecule has 1 nitrogen and oxygen atoms in total. The minimum Gasteiger partial charge on any atom is -0.326 e. The van der Waals surface area contributed by atoms with Crippen LogP contribution in [-0.4, -0.2) is 12.7 Å². The zero-order chi connectivity index (χ0) is 4.28. The highest BCUT2D eigenvalue weighted by atomic mass is 35.5. The van der Waals surface area contributed by atoms with Crippen LogP contribution in [0.2, 0.25) is 0 Å². The van der Waals surface area contributed by atoms with Crippen molar-refractivity contribution in [1.29, 1.82) is 0 Å². The predicted molar refractivity (Wildman–Crippen MR) is 26.9 cm³/mol. The first-order valence-electron chi connectivity index (χ1n) is 1.59. The number of halogens is 2. The van der Waals surface area contributed by atoms with Crippen molar-refractivity contribution in [1.82, 2.24) is 0 Å². The smallest absolute Gasteiger partial charge is 0.104 e. The maximum Gasteiger partial charge on any atom is 0.104 e. The van der Waals surface area contributed by atoms with Gasteiger partial charge in [0.2, 0.25) is 0 Å². The summed E-state index contributed by atoms with van der Waals surface area (Å²) in [7, 11) is 0. The molecule has 0 fully saturated rings. The molecule has 0 unspecified atom stereocenters. The van der Waals surface area contributed by atoms with Crippen LogP contribution in [-0.2, 0) is 0 Å². The van der Waals surface area contributed by atoms with E-state index in [2.05, 4.69) is 0 Å². The van der Waals surface area contributed by atoms with Crippen molar-refractivity contribution in [3.05, 3.63) is 0 Å². The maximum absolute atomic E-state index is 11.0. The SMILES string of the molecule is C[C@@H](N)CF.Cl. The summed E-state index contributed by atoms with van der Waals surface area (Å²) in [6.45, 7) is 1.21. The Kier molecular flexibility index (Phi) is 8.19. The van der Waals surface area contributed by atoms with Crippen LogP contribution in [0, 0.1) is 0 Å². The lowest BCUT2D eigenvalue weighted by Crippen LogP contribution is -2.16. The van der Waals surface area contributed by atoms with Gasteiger partial charge in [-0.2, -0.15) is 0 Å². The van der Waals surface area contributed by atoms with Crippen LogP contribution >= 0.6 is 12.4 Å². The lowest BCUT2D eigenvalue weighted by molar-refractivity contribution is 0.445. The van der Waals surface area contributed by atoms with Gasteiger partial charge in [-0.1, -0.05) is 0 Å². The van der Waals surface area contributed by atoms with Gasteiger partial charge in [-0.3, -0.25) is 0 Å². The number of nitrogens with two attached hydrogens (primary N) is 1. The van der Waals surface area contributed by atoms with E-state index in [4.69, 9.17) is 5.73 Å². The highest BCUT2D eigenvalue weighted by molar-refractivity contribution is 5.85. The van der Waals surface area contributed by atoms with E-state index in [0.717, 1.165) is 0 Å². The number of hydrogen-bond donors (Lipinski definition) is 1. The summed E-state index contributed by atoms with van der Waals surface area (Å²) in [5.41, 5.74) is 4.92. The first kappa shape index (κ1) is 9.49. The van der Waals surface area contributed by atoms with Crippen LogP contribution in [0.15, 0.2) is 0 Å². The zero-order valence-electron chi connectivity index (χ0n) is 3.65. The summed E-state index contributed by atoms with van der Waals surface area (Å²) in [6, 6.07) is -0.282. The number of rotatable bonds is 1. The third-order valence-electron chi connectivity index (χ3n) is 0.243. The topological polar surface area (TPSA) is 26.0 Å². The monoisotopic (exact) mass is 113 g/mol. The van der Waals surface area contributed by atoms with E-state index in [1.54, 1.807) is 6.92 Å². The Hall–Kier alpha value is 0.180. The molecule has 0 aromatic rings. The highest BCUT2D eigenvalue weighted by Gasteiger charge is 1.83. The summed E-state index contributed by atoms with van der Waals surface area (Å²) in [6.07, 6.45) is 0. The van der Waals surface area contributed by atoms with Gasteiger partial charge >= 0.3 is 0 Å². The third-order valence-corrected chi connectivity index (χ3v) is 0.243. The van der Waals surface area contributed by atoms with E-state index in [1.165, 1.54) is 0 Å². The maximum atomic E-state index is 11.0. The predicted octanol–water partition coefficient (Wildman–Crippen LogP) is 0.725. The fraction of sp³-hybridized carbons (Fsp3) is 1.00. The van der Waals surface area contributed by atoms with Gasteiger partial charge in [0, 0.05) is 6.04 Å². The largest absolute Gasteiger partial charge is 0.326 e. The first-order valence-corrected chi connectivity index (χ1v) is 1.59. The van der Waals surface area contributed by atoms with Crippen LogP contribution in [0.3, 0.4) is 0 Å². The molecule has 0 spiro atoms. The molecule has 0 radical (unpaired) electrons. The molecule has 0 amide bonds. The van der Waals surface area contributed by atoms with E-state index >= 15 is 0 Å². The van der Waals surface area contributed by atoms with Crippen molar-refractivity contribution in [2.24, 2.45) is 5.73 Å². The van der Waals surface area contributed by atoms with Crippen molar-refractivity contribution in [3.8, 4) is 0 Å². The Balaban J connectivity index is 0. The molecule has 0 aromatic carbocycles. The van der Waals surface area contributed by atoms with Crippen molar-refractivity contribution in [3.63, 3.8) is 0 Å². The summed E-state index contributed by atoms with van der Waals surface area (Å²) < 4.78 is 11.0. The zero-order valence-corrected chi connectivity index (χ0v) is 4.46. The lowest BCUT2D eigenvalue weighted by Gasteiger charge is -1.88. The molecule has 6 heavy (non-hydrogen) atoms. The lowest BCUT2D eigenvalue weighted by atomic mass is 10.4. The first-order chi connectivity index (χ1) is 2.27. The van der Waals surface area contributed by atoms with Crippen LogP contribution in [0.5, 0.6) is 0 Å². The molecule has 0 heterocycles. The fourth-order valence-electron chi connectivity index (χ4n) is 0. The minimum atomic E-state index is -0.417. The van der Waals surface area contributed by atoms with Crippen LogP contribution in [0.1, 0.15) is 6.92 Å². The molecule has 0 aromatic heterocycles. The minimum absolute atomic E-state index is 0. The van der Waals surface area contributed by atoms with E-state index in [1.807, 2.05) is 0 Å². The third kappa shape index (κ3) is 8.89. The van der Waals surface area contributed by atoms with E-state index < -0.39 is 6.67 Å². The average Bonchev–Trinajstić information content (AvgIpc) is 1.38. The van der Waals surface area contributed by atoms with Crippen molar-refractivity contribution >= 4 is 12.4 Å². The van der Waals surface area contributed by atoms with Crippen LogP contribution in [0.4, 0.5) is 4.39 Å². The second-order valence-corrected chi connectivity index (χ2v) is 1.13. The molecule has 2 N–H and O–H groups in total. The van der Waals surface area contributed by atoms with Gasteiger partial charge in [0.05, 0.1) is 0 Å². The van der Waals surface area contributed by atoms with Crippen molar-refractivity contribution < 1.29 is 4.39 Å². The van der Waals surface area contributed by atoms with Crippen LogP contribution < -0.4 is 5.73 Å². The second-order valence-electron chi connectivity index (χ2n) is 1.13.